The minimum absolute atomic E-state index is 0.0304. The number of sulfonamides is 1. The first kappa shape index (κ1) is 18.4. The van der Waals surface area contributed by atoms with Crippen molar-refractivity contribution in [2.24, 2.45) is 5.92 Å². The molecule has 1 fully saturated rings. The minimum atomic E-state index is -3.33. The van der Waals surface area contributed by atoms with Crippen LogP contribution >= 0.6 is 0 Å². The molecule has 1 saturated heterocycles. The summed E-state index contributed by atoms with van der Waals surface area (Å²) < 4.78 is 32.9. The number of hydrogen-bond acceptors (Lipinski definition) is 4. The molecule has 1 aromatic carbocycles. The normalized spacial score (nSPS) is 18.3. The van der Waals surface area contributed by atoms with Crippen LogP contribution in [0.1, 0.15) is 25.0 Å². The van der Waals surface area contributed by atoms with Crippen molar-refractivity contribution in [3.63, 3.8) is 0 Å². The molecular weight excluding hydrogens is 312 g/mol. The molecular formula is C17H28N2O3S. The van der Waals surface area contributed by atoms with E-state index in [-0.39, 0.29) is 11.8 Å². The lowest BCUT2D eigenvalue weighted by molar-refractivity contribution is 0.00776. The molecule has 1 aromatic rings. The Morgan fingerprint density at radius 1 is 1.26 bits per heavy atom. The van der Waals surface area contributed by atoms with Crippen molar-refractivity contribution in [1.82, 2.24) is 9.62 Å². The molecule has 0 aliphatic carbocycles. The quantitative estimate of drug-likeness (QED) is 0.822. The van der Waals surface area contributed by atoms with Gasteiger partial charge in [-0.15, -0.1) is 0 Å². The molecule has 23 heavy (non-hydrogen) atoms. The van der Waals surface area contributed by atoms with Gasteiger partial charge in [-0.2, -0.15) is 0 Å². The highest BCUT2D eigenvalue weighted by atomic mass is 32.2. The monoisotopic (exact) mass is 340 g/mol. The SMILES string of the molecule is Cc1cccc(CS(=O)(=O)NCC(C(C)C)N2CCOCC2)c1. The predicted octanol–water partition coefficient (Wildman–Crippen LogP) is 1.77. The molecule has 1 heterocycles. The van der Waals surface area contributed by atoms with Crippen LogP contribution < -0.4 is 4.72 Å². The van der Waals surface area contributed by atoms with Gasteiger partial charge >= 0.3 is 0 Å². The molecule has 1 atom stereocenters. The van der Waals surface area contributed by atoms with Gasteiger partial charge in [-0.1, -0.05) is 43.7 Å². The molecule has 1 N–H and O–H groups in total. The second kappa shape index (κ2) is 8.24. The zero-order chi connectivity index (χ0) is 16.9. The Kier molecular flexibility index (Phi) is 6.59. The molecule has 0 radical (unpaired) electrons. The molecule has 5 nitrogen and oxygen atoms in total. The van der Waals surface area contributed by atoms with E-state index in [1.807, 2.05) is 31.2 Å². The van der Waals surface area contributed by atoms with Crippen LogP contribution in [0.25, 0.3) is 0 Å². The van der Waals surface area contributed by atoms with Gasteiger partial charge in [0.2, 0.25) is 10.0 Å². The molecule has 6 heteroatoms. The Labute approximate surface area is 140 Å². The van der Waals surface area contributed by atoms with E-state index in [4.69, 9.17) is 4.74 Å². The molecule has 0 spiro atoms. The van der Waals surface area contributed by atoms with E-state index in [0.717, 1.165) is 37.4 Å². The van der Waals surface area contributed by atoms with Crippen molar-refractivity contribution in [3.05, 3.63) is 35.4 Å². The van der Waals surface area contributed by atoms with Crippen LogP contribution in [0.5, 0.6) is 0 Å². The van der Waals surface area contributed by atoms with Crippen molar-refractivity contribution in [3.8, 4) is 0 Å². The van der Waals surface area contributed by atoms with Crippen molar-refractivity contribution in [2.45, 2.75) is 32.6 Å². The maximum Gasteiger partial charge on any atom is 0.215 e. The summed E-state index contributed by atoms with van der Waals surface area (Å²) in [6.45, 7) is 9.86. The van der Waals surface area contributed by atoms with Gasteiger partial charge in [0.15, 0.2) is 0 Å². The van der Waals surface area contributed by atoms with Gasteiger partial charge in [0.1, 0.15) is 0 Å². The molecule has 0 bridgehead atoms. The van der Waals surface area contributed by atoms with Crippen LogP contribution in [-0.2, 0) is 20.5 Å². The number of benzene rings is 1. The third-order valence-electron chi connectivity index (χ3n) is 4.24. The highest BCUT2D eigenvalue weighted by Gasteiger charge is 2.25. The average molecular weight is 340 g/mol. The summed E-state index contributed by atoms with van der Waals surface area (Å²) in [5.74, 6) is 0.414. The number of nitrogens with one attached hydrogen (secondary N) is 1. The van der Waals surface area contributed by atoms with E-state index in [0.29, 0.717) is 12.5 Å². The fourth-order valence-electron chi connectivity index (χ4n) is 2.98. The first-order chi connectivity index (χ1) is 10.9. The fourth-order valence-corrected chi connectivity index (χ4v) is 4.13. The van der Waals surface area contributed by atoms with Gasteiger partial charge < -0.3 is 4.74 Å². The van der Waals surface area contributed by atoms with E-state index in [2.05, 4.69) is 23.5 Å². The lowest BCUT2D eigenvalue weighted by atomic mass is 10.0. The zero-order valence-electron chi connectivity index (χ0n) is 14.3. The largest absolute Gasteiger partial charge is 0.379 e. The Hall–Kier alpha value is -0.950. The fraction of sp³-hybridized carbons (Fsp3) is 0.647. The number of hydrogen-bond donors (Lipinski definition) is 1. The Morgan fingerprint density at radius 3 is 2.57 bits per heavy atom. The Bertz CT molecular complexity index is 596. The van der Waals surface area contributed by atoms with Gasteiger partial charge in [0.05, 0.1) is 19.0 Å². The van der Waals surface area contributed by atoms with Crippen LogP contribution in [0.4, 0.5) is 0 Å². The Morgan fingerprint density at radius 2 is 1.96 bits per heavy atom. The van der Waals surface area contributed by atoms with E-state index in [9.17, 15) is 8.42 Å². The number of aryl methyl sites for hydroxylation is 1. The maximum atomic E-state index is 12.4. The molecule has 1 aliphatic heterocycles. The third kappa shape index (κ3) is 5.88. The zero-order valence-corrected chi connectivity index (χ0v) is 15.1. The number of rotatable bonds is 7. The van der Waals surface area contributed by atoms with Gasteiger partial charge in [-0.05, 0) is 18.4 Å². The molecule has 0 aromatic heterocycles. The molecule has 0 saturated carbocycles. The summed E-state index contributed by atoms with van der Waals surface area (Å²) in [5.41, 5.74) is 1.90. The summed E-state index contributed by atoms with van der Waals surface area (Å²) >= 11 is 0. The van der Waals surface area contributed by atoms with Crippen molar-refractivity contribution in [1.29, 1.82) is 0 Å². The molecule has 0 amide bonds. The second-order valence-electron chi connectivity index (χ2n) is 6.56. The summed E-state index contributed by atoms with van der Waals surface area (Å²) in [7, 11) is -3.33. The minimum Gasteiger partial charge on any atom is -0.379 e. The van der Waals surface area contributed by atoms with Crippen molar-refractivity contribution in [2.75, 3.05) is 32.8 Å². The predicted molar refractivity (Wildman–Crippen MR) is 92.8 cm³/mol. The van der Waals surface area contributed by atoms with Crippen LogP contribution in [0, 0.1) is 12.8 Å². The van der Waals surface area contributed by atoms with E-state index < -0.39 is 10.0 Å². The van der Waals surface area contributed by atoms with Gasteiger partial charge in [0, 0.05) is 25.7 Å². The van der Waals surface area contributed by atoms with Gasteiger partial charge in [-0.3, -0.25) is 4.90 Å². The van der Waals surface area contributed by atoms with Crippen molar-refractivity contribution < 1.29 is 13.2 Å². The van der Waals surface area contributed by atoms with Crippen LogP contribution in [0.2, 0.25) is 0 Å². The first-order valence-electron chi connectivity index (χ1n) is 8.22. The average Bonchev–Trinajstić information content (AvgIpc) is 2.47. The van der Waals surface area contributed by atoms with E-state index >= 15 is 0 Å². The number of morpholine rings is 1. The van der Waals surface area contributed by atoms with E-state index in [1.165, 1.54) is 0 Å². The maximum absolute atomic E-state index is 12.4. The first-order valence-corrected chi connectivity index (χ1v) is 9.87. The molecule has 130 valence electrons. The molecule has 1 unspecified atom stereocenters. The summed E-state index contributed by atoms with van der Waals surface area (Å²) in [4.78, 5) is 2.32. The second-order valence-corrected chi connectivity index (χ2v) is 8.36. The topological polar surface area (TPSA) is 58.6 Å². The third-order valence-corrected chi connectivity index (χ3v) is 5.56. The molecule has 2 rings (SSSR count). The van der Waals surface area contributed by atoms with Crippen molar-refractivity contribution >= 4 is 10.0 Å². The number of nitrogens with zero attached hydrogens (tertiary/aromatic N) is 1. The highest BCUT2D eigenvalue weighted by molar-refractivity contribution is 7.88. The molecule has 1 aliphatic rings. The summed E-state index contributed by atoms with van der Waals surface area (Å²) in [6.07, 6.45) is 0. The standard InChI is InChI=1S/C17H28N2O3S/c1-14(2)17(19-7-9-22-10-8-19)12-18-23(20,21)13-16-6-4-5-15(3)11-16/h4-6,11,14,17-18H,7-10,12-13H2,1-3H3. The van der Waals surface area contributed by atoms with Gasteiger partial charge in [-0.25, -0.2) is 13.1 Å². The smallest absolute Gasteiger partial charge is 0.215 e. The highest BCUT2D eigenvalue weighted by Crippen LogP contribution is 2.13. The summed E-state index contributed by atoms with van der Waals surface area (Å²) in [6, 6.07) is 7.84. The van der Waals surface area contributed by atoms with Gasteiger partial charge in [0.25, 0.3) is 0 Å². The number of ether oxygens (including phenoxy) is 1. The lowest BCUT2D eigenvalue weighted by Crippen LogP contribution is -2.51. The van der Waals surface area contributed by atoms with Crippen LogP contribution in [-0.4, -0.2) is 52.2 Å². The van der Waals surface area contributed by atoms with Crippen LogP contribution in [0.3, 0.4) is 0 Å². The Balaban J connectivity index is 1.95. The van der Waals surface area contributed by atoms with Crippen LogP contribution in [0.15, 0.2) is 24.3 Å². The summed E-state index contributed by atoms with van der Waals surface area (Å²) in [5, 5.41) is 0. The van der Waals surface area contributed by atoms with E-state index in [1.54, 1.807) is 0 Å². The lowest BCUT2D eigenvalue weighted by Gasteiger charge is -2.36.